The summed E-state index contributed by atoms with van der Waals surface area (Å²) in [6.45, 7) is 13.0. The standard InChI is InChI=1S/C82H82N2/c1-6-9-11-13-15-22-52-82(53-23-16-14-12-10-7-2)79-57-66(63-34-46-71(47-35-63)83(69-40-28-59(4)29-41-69)70-44-32-61(8-3)33-45-70)39-51-76(79)78-56-68-55-67-54-65(38-50-74(67)77(68)58-80(78)82)62-36-48-73(49-37-62)84(72-42-30-60(5)31-43-72)81-27-21-20-26-75(81)64-24-18-17-19-25-64/h8,17-21,24-51,54,56-58H,3,6-7,9-16,22-23,52-53,55H2,1-2,4-5H3. The zero-order chi connectivity index (χ0) is 57.4. The van der Waals surface area contributed by atoms with E-state index in [-0.39, 0.29) is 5.41 Å². The highest BCUT2D eigenvalue weighted by Crippen LogP contribution is 2.58. The fourth-order valence-electron chi connectivity index (χ4n) is 13.8. The number of para-hydroxylation sites is 1. The number of anilines is 6. The van der Waals surface area contributed by atoms with Gasteiger partial charge in [-0.3, -0.25) is 0 Å². The van der Waals surface area contributed by atoms with Crippen LogP contribution < -0.4 is 9.80 Å². The van der Waals surface area contributed by atoms with Crippen LogP contribution in [-0.4, -0.2) is 0 Å². The zero-order valence-corrected chi connectivity index (χ0v) is 50.1. The Kier molecular flexibility index (Phi) is 17.1. The molecule has 0 unspecified atom stereocenters. The molecule has 10 aromatic rings. The first-order chi connectivity index (χ1) is 41.3. The van der Waals surface area contributed by atoms with Crippen molar-refractivity contribution in [3.05, 3.63) is 270 Å². The van der Waals surface area contributed by atoms with E-state index in [9.17, 15) is 0 Å². The van der Waals surface area contributed by atoms with Gasteiger partial charge in [0, 0.05) is 39.4 Å². The lowest BCUT2D eigenvalue weighted by Gasteiger charge is -2.33. The molecule has 0 atom stereocenters. The van der Waals surface area contributed by atoms with Gasteiger partial charge in [-0.15, -0.1) is 0 Å². The van der Waals surface area contributed by atoms with Crippen molar-refractivity contribution in [3.63, 3.8) is 0 Å². The first kappa shape index (κ1) is 56.0. The van der Waals surface area contributed by atoms with Crippen LogP contribution in [0.1, 0.15) is 143 Å². The minimum Gasteiger partial charge on any atom is -0.311 e. The van der Waals surface area contributed by atoms with E-state index in [1.54, 1.807) is 11.1 Å². The van der Waals surface area contributed by atoms with Crippen molar-refractivity contribution in [2.75, 3.05) is 9.80 Å². The number of fused-ring (bicyclic) bond motifs is 6. The summed E-state index contributed by atoms with van der Waals surface area (Å²) in [5.41, 5.74) is 29.7. The van der Waals surface area contributed by atoms with E-state index in [1.807, 2.05) is 6.08 Å². The number of hydrogen-bond donors (Lipinski definition) is 0. The van der Waals surface area contributed by atoms with Gasteiger partial charge < -0.3 is 9.80 Å². The van der Waals surface area contributed by atoms with Gasteiger partial charge in [-0.1, -0.05) is 254 Å². The quantitative estimate of drug-likeness (QED) is 0.0557. The molecule has 0 saturated heterocycles. The molecule has 0 saturated carbocycles. The Morgan fingerprint density at radius 2 is 0.810 bits per heavy atom. The van der Waals surface area contributed by atoms with Gasteiger partial charge in [0.25, 0.3) is 0 Å². The van der Waals surface area contributed by atoms with E-state index in [1.165, 1.54) is 168 Å². The Bertz CT molecular complexity index is 3830. The maximum absolute atomic E-state index is 4.01. The van der Waals surface area contributed by atoms with Crippen LogP contribution in [0.3, 0.4) is 0 Å². The SMILES string of the molecule is C=Cc1ccc(N(c2ccc(C)cc2)c2ccc(-c3ccc4c(c3)C(CCCCCCCC)(CCCCCCCC)c3cc5c(cc3-4)Cc3cc(-c4ccc(N(c6ccc(C)cc6)c6ccccc6-c6ccccc6)cc4)ccc3-5)cc2)cc1. The molecule has 0 radical (unpaired) electrons. The second-order valence-corrected chi connectivity index (χ2v) is 24.1. The van der Waals surface area contributed by atoms with E-state index in [4.69, 9.17) is 0 Å². The molecule has 0 aromatic heterocycles. The molecule has 0 aliphatic heterocycles. The van der Waals surface area contributed by atoms with E-state index in [0.29, 0.717) is 0 Å². The predicted molar refractivity (Wildman–Crippen MR) is 362 cm³/mol. The predicted octanol–water partition coefficient (Wildman–Crippen LogP) is 24.2. The Morgan fingerprint density at radius 1 is 0.357 bits per heavy atom. The molecule has 2 heteroatoms. The molecule has 420 valence electrons. The van der Waals surface area contributed by atoms with Gasteiger partial charge in [0.15, 0.2) is 0 Å². The number of aryl methyl sites for hydroxylation is 2. The van der Waals surface area contributed by atoms with Crippen LogP contribution in [0.4, 0.5) is 34.1 Å². The minimum absolute atomic E-state index is 0.0521. The fraction of sp³-hybridized carbons (Fsp3) is 0.244. The van der Waals surface area contributed by atoms with Gasteiger partial charge in [-0.2, -0.15) is 0 Å². The molecule has 0 N–H and O–H groups in total. The van der Waals surface area contributed by atoms with Gasteiger partial charge in [0.2, 0.25) is 0 Å². The van der Waals surface area contributed by atoms with Crippen molar-refractivity contribution in [2.45, 2.75) is 129 Å². The molecule has 12 rings (SSSR count). The summed E-state index contributed by atoms with van der Waals surface area (Å²) >= 11 is 0. The normalized spacial score (nSPS) is 12.6. The molecule has 0 fully saturated rings. The van der Waals surface area contributed by atoms with Crippen molar-refractivity contribution >= 4 is 40.2 Å². The molecule has 2 nitrogen and oxygen atoms in total. The van der Waals surface area contributed by atoms with E-state index >= 15 is 0 Å². The van der Waals surface area contributed by atoms with Crippen molar-refractivity contribution < 1.29 is 0 Å². The van der Waals surface area contributed by atoms with E-state index < -0.39 is 0 Å². The molecule has 2 aliphatic carbocycles. The summed E-state index contributed by atoms with van der Waals surface area (Å²) in [4.78, 5) is 4.77. The number of rotatable bonds is 24. The Hall–Kier alpha value is -8.46. The summed E-state index contributed by atoms with van der Waals surface area (Å²) in [6.07, 6.45) is 20.8. The summed E-state index contributed by atoms with van der Waals surface area (Å²) in [7, 11) is 0. The minimum atomic E-state index is -0.0521. The Labute approximate surface area is 502 Å². The molecular formula is C82H82N2. The first-order valence-corrected chi connectivity index (χ1v) is 31.6. The fourth-order valence-corrected chi connectivity index (χ4v) is 13.8. The Balaban J connectivity index is 0.885. The second-order valence-electron chi connectivity index (χ2n) is 24.1. The highest BCUT2D eigenvalue weighted by atomic mass is 15.1. The Morgan fingerprint density at radius 3 is 1.38 bits per heavy atom. The largest absolute Gasteiger partial charge is 0.311 e. The van der Waals surface area contributed by atoms with Gasteiger partial charge in [-0.05, 0) is 196 Å². The average molecular weight is 1100 g/mol. The summed E-state index contributed by atoms with van der Waals surface area (Å²) < 4.78 is 0. The highest BCUT2D eigenvalue weighted by Gasteiger charge is 2.44. The number of hydrogen-bond acceptors (Lipinski definition) is 2. The van der Waals surface area contributed by atoms with Gasteiger partial charge in [0.05, 0.1) is 5.69 Å². The van der Waals surface area contributed by atoms with Crippen LogP contribution in [0.15, 0.2) is 231 Å². The van der Waals surface area contributed by atoms with E-state index in [0.717, 1.165) is 46.1 Å². The van der Waals surface area contributed by atoms with Gasteiger partial charge in [0.1, 0.15) is 0 Å². The molecular weight excluding hydrogens is 1010 g/mol. The lowest BCUT2D eigenvalue weighted by molar-refractivity contribution is 0.398. The smallest absolute Gasteiger partial charge is 0.0540 e. The lowest BCUT2D eigenvalue weighted by Crippen LogP contribution is -2.25. The average Bonchev–Trinajstić information content (AvgIpc) is 2.36. The van der Waals surface area contributed by atoms with Crippen molar-refractivity contribution in [1.82, 2.24) is 0 Å². The molecule has 84 heavy (non-hydrogen) atoms. The lowest BCUT2D eigenvalue weighted by atomic mass is 9.70. The summed E-state index contributed by atoms with van der Waals surface area (Å²) in [6, 6.07) is 84.8. The summed E-state index contributed by atoms with van der Waals surface area (Å²) in [5, 5.41) is 0. The van der Waals surface area contributed by atoms with Crippen LogP contribution in [0.5, 0.6) is 0 Å². The maximum atomic E-state index is 4.01. The topological polar surface area (TPSA) is 6.48 Å². The third-order valence-corrected chi connectivity index (χ3v) is 18.4. The van der Waals surface area contributed by atoms with Crippen molar-refractivity contribution in [1.29, 1.82) is 0 Å². The molecule has 0 heterocycles. The molecule has 0 amide bonds. The van der Waals surface area contributed by atoms with Crippen LogP contribution >= 0.6 is 0 Å². The molecule has 10 aromatic carbocycles. The van der Waals surface area contributed by atoms with Crippen molar-refractivity contribution in [3.8, 4) is 55.6 Å². The second kappa shape index (κ2) is 25.6. The molecule has 0 bridgehead atoms. The van der Waals surface area contributed by atoms with Gasteiger partial charge in [-0.25, -0.2) is 0 Å². The van der Waals surface area contributed by atoms with Crippen LogP contribution in [-0.2, 0) is 11.8 Å². The number of nitrogens with zero attached hydrogens (tertiary/aromatic N) is 2. The van der Waals surface area contributed by atoms with Crippen LogP contribution in [0.2, 0.25) is 0 Å². The molecule has 0 spiro atoms. The number of unbranched alkanes of at least 4 members (excludes halogenated alkanes) is 10. The zero-order valence-electron chi connectivity index (χ0n) is 50.1. The third kappa shape index (κ3) is 11.6. The van der Waals surface area contributed by atoms with Crippen LogP contribution in [0.25, 0.3) is 61.7 Å². The highest BCUT2D eigenvalue weighted by molar-refractivity contribution is 5.92. The monoisotopic (exact) mass is 1090 g/mol. The van der Waals surface area contributed by atoms with E-state index in [2.05, 4.69) is 269 Å². The van der Waals surface area contributed by atoms with Crippen LogP contribution in [0, 0.1) is 13.8 Å². The van der Waals surface area contributed by atoms with Gasteiger partial charge >= 0.3 is 0 Å². The summed E-state index contributed by atoms with van der Waals surface area (Å²) in [5.74, 6) is 0. The molecule has 2 aliphatic rings. The van der Waals surface area contributed by atoms with Crippen molar-refractivity contribution in [2.24, 2.45) is 0 Å². The number of benzene rings is 10. The third-order valence-electron chi connectivity index (χ3n) is 18.4. The maximum Gasteiger partial charge on any atom is 0.0540 e. The first-order valence-electron chi connectivity index (χ1n) is 31.6.